The van der Waals surface area contributed by atoms with Crippen LogP contribution in [-0.4, -0.2) is 47.2 Å². The maximum atomic E-state index is 12.9. The second-order valence-corrected chi connectivity index (χ2v) is 7.89. The summed E-state index contributed by atoms with van der Waals surface area (Å²) in [5.41, 5.74) is 1.95. The third-order valence-corrected chi connectivity index (χ3v) is 5.99. The van der Waals surface area contributed by atoms with Crippen LogP contribution in [0.4, 0.5) is 0 Å². The molecule has 130 valence electrons. The van der Waals surface area contributed by atoms with E-state index in [0.29, 0.717) is 13.2 Å². The molecule has 0 bridgehead atoms. The number of hydrogen-bond acceptors (Lipinski definition) is 5. The molecule has 3 aliphatic rings. The molecule has 2 saturated heterocycles. The normalized spacial score (nSPS) is 29.6. The molecule has 2 fully saturated rings. The summed E-state index contributed by atoms with van der Waals surface area (Å²) < 4.78 is 12.1. The predicted octanol–water partition coefficient (Wildman–Crippen LogP) is 2.84. The van der Waals surface area contributed by atoms with Crippen LogP contribution in [0.2, 0.25) is 0 Å². The van der Waals surface area contributed by atoms with Crippen molar-refractivity contribution < 1.29 is 14.3 Å². The summed E-state index contributed by atoms with van der Waals surface area (Å²) in [5, 5.41) is 3.09. The lowest BCUT2D eigenvalue weighted by molar-refractivity contribution is -0.130. The van der Waals surface area contributed by atoms with Gasteiger partial charge in [-0.15, -0.1) is 11.3 Å². The lowest BCUT2D eigenvalue weighted by Gasteiger charge is -2.32. The van der Waals surface area contributed by atoms with Crippen LogP contribution in [0.3, 0.4) is 0 Å². The zero-order valence-corrected chi connectivity index (χ0v) is 14.9. The number of ether oxygens (including phenoxy) is 2. The van der Waals surface area contributed by atoms with E-state index in [4.69, 9.17) is 9.47 Å². The molecule has 4 rings (SSSR count). The van der Waals surface area contributed by atoms with Crippen LogP contribution in [0.1, 0.15) is 42.8 Å². The second kappa shape index (κ2) is 6.94. The van der Waals surface area contributed by atoms with Gasteiger partial charge in [0.1, 0.15) is 12.2 Å². The van der Waals surface area contributed by atoms with Crippen molar-refractivity contribution in [3.63, 3.8) is 0 Å². The highest BCUT2D eigenvalue weighted by Crippen LogP contribution is 2.33. The van der Waals surface area contributed by atoms with Gasteiger partial charge in [-0.25, -0.2) is 4.98 Å². The summed E-state index contributed by atoms with van der Waals surface area (Å²) in [6.45, 7) is 3.89. The molecule has 1 amide bonds. The molecule has 24 heavy (non-hydrogen) atoms. The molecular weight excluding hydrogens is 324 g/mol. The number of carbonyl (C=O) groups is 1. The molecule has 1 aliphatic carbocycles. The standard InChI is InChI=1S/C18H24N2O3S/c1-12-19-14(11-24-12)10-23-16-9-20(15-7-4-8-22-17(15)16)18(21)13-5-2-3-6-13/h5,11,15-17H,2-4,6-10H2,1H3/t15-,16+,17+/m0/s1. The van der Waals surface area contributed by atoms with E-state index >= 15 is 0 Å². The van der Waals surface area contributed by atoms with E-state index in [2.05, 4.69) is 11.1 Å². The Morgan fingerprint density at radius 3 is 3.17 bits per heavy atom. The molecule has 1 aromatic heterocycles. The Balaban J connectivity index is 1.45. The highest BCUT2D eigenvalue weighted by Gasteiger charge is 2.47. The van der Waals surface area contributed by atoms with Gasteiger partial charge in [-0.3, -0.25) is 4.79 Å². The fourth-order valence-electron chi connectivity index (χ4n) is 4.01. The summed E-state index contributed by atoms with van der Waals surface area (Å²) in [4.78, 5) is 19.3. The smallest absolute Gasteiger partial charge is 0.249 e. The molecule has 6 heteroatoms. The minimum absolute atomic E-state index is 0.00411. The lowest BCUT2D eigenvalue weighted by Crippen LogP contribution is -2.44. The molecule has 1 aromatic rings. The van der Waals surface area contributed by atoms with E-state index < -0.39 is 0 Å². The number of aromatic nitrogens is 1. The number of carbonyl (C=O) groups excluding carboxylic acids is 1. The third-order valence-electron chi connectivity index (χ3n) is 5.17. The van der Waals surface area contributed by atoms with Gasteiger partial charge in [0.2, 0.25) is 5.91 Å². The van der Waals surface area contributed by atoms with Gasteiger partial charge in [-0.2, -0.15) is 0 Å². The predicted molar refractivity (Wildman–Crippen MR) is 91.8 cm³/mol. The van der Waals surface area contributed by atoms with Crippen molar-refractivity contribution in [3.05, 3.63) is 27.7 Å². The molecule has 3 heterocycles. The van der Waals surface area contributed by atoms with Gasteiger partial charge in [0.25, 0.3) is 0 Å². The maximum Gasteiger partial charge on any atom is 0.249 e. The van der Waals surface area contributed by atoms with Crippen LogP contribution in [-0.2, 0) is 20.9 Å². The fourth-order valence-corrected chi connectivity index (χ4v) is 4.60. The quantitative estimate of drug-likeness (QED) is 0.840. The average Bonchev–Trinajstić information content (AvgIpc) is 3.32. The molecule has 0 saturated carbocycles. The largest absolute Gasteiger partial charge is 0.373 e. The van der Waals surface area contributed by atoms with E-state index in [-0.39, 0.29) is 24.2 Å². The highest BCUT2D eigenvalue weighted by molar-refractivity contribution is 7.09. The van der Waals surface area contributed by atoms with Crippen LogP contribution in [0.15, 0.2) is 17.0 Å². The van der Waals surface area contributed by atoms with Gasteiger partial charge >= 0.3 is 0 Å². The number of aryl methyl sites for hydroxylation is 1. The molecule has 2 aliphatic heterocycles. The van der Waals surface area contributed by atoms with E-state index in [0.717, 1.165) is 55.0 Å². The monoisotopic (exact) mass is 348 g/mol. The Hall–Kier alpha value is -1.24. The first-order chi connectivity index (χ1) is 11.7. The van der Waals surface area contributed by atoms with Crippen LogP contribution in [0.5, 0.6) is 0 Å². The first-order valence-corrected chi connectivity index (χ1v) is 9.74. The van der Waals surface area contributed by atoms with Gasteiger partial charge < -0.3 is 14.4 Å². The minimum atomic E-state index is -0.0525. The summed E-state index contributed by atoms with van der Waals surface area (Å²) >= 11 is 1.64. The lowest BCUT2D eigenvalue weighted by atomic mass is 10.0. The van der Waals surface area contributed by atoms with Crippen molar-refractivity contribution in [1.82, 2.24) is 9.88 Å². The Kier molecular flexibility index (Phi) is 4.70. The Morgan fingerprint density at radius 1 is 1.50 bits per heavy atom. The molecular formula is C18H24N2O3S. The summed E-state index contributed by atoms with van der Waals surface area (Å²) in [7, 11) is 0. The van der Waals surface area contributed by atoms with Crippen molar-refractivity contribution in [2.45, 2.75) is 63.9 Å². The summed E-state index contributed by atoms with van der Waals surface area (Å²) in [6, 6.07) is 0.162. The van der Waals surface area contributed by atoms with Crippen molar-refractivity contribution in [2.24, 2.45) is 0 Å². The summed E-state index contributed by atoms with van der Waals surface area (Å²) in [5.74, 6) is 0.198. The van der Waals surface area contributed by atoms with E-state index in [9.17, 15) is 4.79 Å². The van der Waals surface area contributed by atoms with Crippen molar-refractivity contribution in [3.8, 4) is 0 Å². The number of allylic oxidation sites excluding steroid dienone is 1. The first kappa shape index (κ1) is 16.2. The van der Waals surface area contributed by atoms with Crippen LogP contribution in [0.25, 0.3) is 0 Å². The Bertz CT molecular complexity index is 642. The van der Waals surface area contributed by atoms with Crippen molar-refractivity contribution in [1.29, 1.82) is 0 Å². The number of thiazole rings is 1. The molecule has 0 spiro atoms. The number of nitrogens with zero attached hydrogens (tertiary/aromatic N) is 2. The maximum absolute atomic E-state index is 12.9. The SMILES string of the molecule is Cc1nc(CO[C@@H]2CN(C(=O)C3=CCCC3)[C@H]3CCCO[C@@H]23)cs1. The minimum Gasteiger partial charge on any atom is -0.373 e. The van der Waals surface area contributed by atoms with Gasteiger partial charge in [-0.1, -0.05) is 6.08 Å². The van der Waals surface area contributed by atoms with Gasteiger partial charge in [0.15, 0.2) is 0 Å². The Labute approximate surface area is 146 Å². The second-order valence-electron chi connectivity index (χ2n) is 6.83. The number of rotatable bonds is 4. The third kappa shape index (κ3) is 3.15. The van der Waals surface area contributed by atoms with E-state index in [1.54, 1.807) is 11.3 Å². The zero-order chi connectivity index (χ0) is 16.5. The molecule has 0 unspecified atom stereocenters. The molecule has 0 N–H and O–H groups in total. The Morgan fingerprint density at radius 2 is 2.42 bits per heavy atom. The van der Waals surface area contributed by atoms with Crippen molar-refractivity contribution >= 4 is 17.2 Å². The zero-order valence-electron chi connectivity index (χ0n) is 14.1. The van der Waals surface area contributed by atoms with Gasteiger partial charge in [-0.05, 0) is 39.0 Å². The van der Waals surface area contributed by atoms with E-state index in [1.165, 1.54) is 0 Å². The molecule has 0 radical (unpaired) electrons. The number of hydrogen-bond donors (Lipinski definition) is 0. The molecule has 5 nitrogen and oxygen atoms in total. The molecule has 0 aromatic carbocycles. The van der Waals surface area contributed by atoms with E-state index in [1.807, 2.05) is 17.2 Å². The fraction of sp³-hybridized carbons (Fsp3) is 0.667. The van der Waals surface area contributed by atoms with Crippen LogP contribution in [0, 0.1) is 6.92 Å². The van der Waals surface area contributed by atoms with Gasteiger partial charge in [0, 0.05) is 17.6 Å². The number of fused-ring (bicyclic) bond motifs is 1. The molecule has 3 atom stereocenters. The first-order valence-electron chi connectivity index (χ1n) is 8.86. The number of amides is 1. The van der Waals surface area contributed by atoms with Crippen LogP contribution >= 0.6 is 11.3 Å². The highest BCUT2D eigenvalue weighted by atomic mass is 32.1. The number of likely N-dealkylation sites (tertiary alicyclic amines) is 1. The van der Waals surface area contributed by atoms with Crippen LogP contribution < -0.4 is 0 Å². The average molecular weight is 348 g/mol. The summed E-state index contributed by atoms with van der Waals surface area (Å²) in [6.07, 6.45) is 7.13. The van der Waals surface area contributed by atoms with Crippen molar-refractivity contribution in [2.75, 3.05) is 13.2 Å². The topological polar surface area (TPSA) is 51.7 Å². The van der Waals surface area contributed by atoms with Gasteiger partial charge in [0.05, 0.1) is 29.9 Å².